The molecule has 0 radical (unpaired) electrons. The van der Waals surface area contributed by atoms with Crippen LogP contribution in [0.5, 0.6) is 0 Å². The molecule has 2 aromatic rings. The second-order valence-corrected chi connectivity index (χ2v) is 7.25. The first-order valence-electron chi connectivity index (χ1n) is 9.51. The molecule has 4 rings (SSSR count). The molecule has 2 aliphatic heterocycles. The molecule has 8 nitrogen and oxygen atoms in total. The lowest BCUT2D eigenvalue weighted by Crippen LogP contribution is -2.48. The molecule has 0 saturated carbocycles. The van der Waals surface area contributed by atoms with Gasteiger partial charge in [0.05, 0.1) is 17.8 Å². The molecule has 8 heteroatoms. The van der Waals surface area contributed by atoms with E-state index in [1.54, 1.807) is 42.3 Å². The molecule has 2 N–H and O–H groups in total. The van der Waals surface area contributed by atoms with Gasteiger partial charge < -0.3 is 10.0 Å². The quantitative estimate of drug-likeness (QED) is 0.772. The van der Waals surface area contributed by atoms with Gasteiger partial charge in [0.25, 0.3) is 0 Å². The first kappa shape index (κ1) is 18.4. The van der Waals surface area contributed by atoms with Gasteiger partial charge in [-0.15, -0.1) is 0 Å². The predicted octanol–water partition coefficient (Wildman–Crippen LogP) is 2.45. The highest BCUT2D eigenvalue weighted by Gasteiger charge is 2.40. The maximum absolute atomic E-state index is 13.0. The van der Waals surface area contributed by atoms with E-state index in [1.807, 2.05) is 6.07 Å². The van der Waals surface area contributed by atoms with Crippen molar-refractivity contribution in [3.05, 3.63) is 42.2 Å². The van der Waals surface area contributed by atoms with Crippen molar-refractivity contribution in [1.29, 1.82) is 0 Å². The van der Waals surface area contributed by atoms with Gasteiger partial charge >= 0.3 is 6.03 Å². The zero-order chi connectivity index (χ0) is 19.7. The van der Waals surface area contributed by atoms with Crippen LogP contribution in [0.25, 0.3) is 0 Å². The molecule has 2 aliphatic rings. The Kier molecular flexibility index (Phi) is 4.95. The molecule has 0 aromatic carbocycles. The molecule has 0 spiro atoms. The molecule has 2 amide bonds. The minimum absolute atomic E-state index is 0.00604. The van der Waals surface area contributed by atoms with Gasteiger partial charge in [-0.3, -0.25) is 15.0 Å². The van der Waals surface area contributed by atoms with Crippen LogP contribution >= 0.6 is 0 Å². The van der Waals surface area contributed by atoms with Crippen LogP contribution in [0, 0.1) is 0 Å². The van der Waals surface area contributed by atoms with E-state index in [1.165, 1.54) is 0 Å². The topological polar surface area (TPSA) is 98.7 Å². The number of Topliss-reactive ketones (excluding diaryl/α,β-unsaturated/α-hetero) is 1. The summed E-state index contributed by atoms with van der Waals surface area (Å²) in [6.07, 6.45) is 2.53. The number of nitrogens with zero attached hydrogens (tertiary/aromatic N) is 4. The Balaban J connectivity index is 1.63. The highest BCUT2D eigenvalue weighted by atomic mass is 16.3. The van der Waals surface area contributed by atoms with Crippen LogP contribution in [-0.4, -0.2) is 52.1 Å². The summed E-state index contributed by atoms with van der Waals surface area (Å²) in [5.41, 5.74) is 1.18. The number of carbonyl (C=O) groups is 2. The summed E-state index contributed by atoms with van der Waals surface area (Å²) < 4.78 is 0. The van der Waals surface area contributed by atoms with E-state index in [0.717, 1.165) is 25.2 Å². The van der Waals surface area contributed by atoms with Crippen molar-refractivity contribution in [1.82, 2.24) is 9.97 Å². The van der Waals surface area contributed by atoms with Gasteiger partial charge in [-0.25, -0.2) is 14.8 Å². The first-order chi connectivity index (χ1) is 13.5. The monoisotopic (exact) mass is 381 g/mol. The number of ketones is 1. The predicted molar refractivity (Wildman–Crippen MR) is 106 cm³/mol. The van der Waals surface area contributed by atoms with E-state index < -0.39 is 6.10 Å². The summed E-state index contributed by atoms with van der Waals surface area (Å²) in [6, 6.07) is 8.60. The van der Waals surface area contributed by atoms with Crippen LogP contribution in [0.15, 0.2) is 36.5 Å². The Bertz CT molecular complexity index is 887. The molecular formula is C20H23N5O3. The number of carbonyl (C=O) groups excluding carboxylic acids is 2. The van der Waals surface area contributed by atoms with Crippen LogP contribution in [-0.2, 0) is 0 Å². The van der Waals surface area contributed by atoms with E-state index >= 15 is 0 Å². The number of amides is 2. The van der Waals surface area contributed by atoms with Crippen LogP contribution in [0.3, 0.4) is 0 Å². The van der Waals surface area contributed by atoms with Gasteiger partial charge in [-0.1, -0.05) is 6.07 Å². The summed E-state index contributed by atoms with van der Waals surface area (Å²) in [7, 11) is 0. The molecule has 2 aromatic heterocycles. The lowest BCUT2D eigenvalue weighted by molar-refractivity contribution is 0.0944. The third-order valence-corrected chi connectivity index (χ3v) is 5.15. The Morgan fingerprint density at radius 2 is 2.18 bits per heavy atom. The lowest BCUT2D eigenvalue weighted by Gasteiger charge is -2.35. The number of hydrogen-bond donors (Lipinski definition) is 2. The van der Waals surface area contributed by atoms with E-state index in [-0.39, 0.29) is 24.3 Å². The van der Waals surface area contributed by atoms with E-state index in [0.29, 0.717) is 23.8 Å². The van der Waals surface area contributed by atoms with Gasteiger partial charge in [0, 0.05) is 25.7 Å². The Morgan fingerprint density at radius 3 is 2.93 bits per heavy atom. The molecule has 28 heavy (non-hydrogen) atoms. The molecule has 146 valence electrons. The number of aromatic nitrogens is 2. The number of pyridine rings is 2. The van der Waals surface area contributed by atoms with Gasteiger partial charge in [0.2, 0.25) is 0 Å². The summed E-state index contributed by atoms with van der Waals surface area (Å²) in [6.45, 7) is 3.25. The number of hydrogen-bond acceptors (Lipinski definition) is 6. The number of aliphatic hydroxyl groups is 1. The number of rotatable bonds is 5. The van der Waals surface area contributed by atoms with Crippen molar-refractivity contribution >= 4 is 29.1 Å². The molecule has 0 aliphatic carbocycles. The minimum Gasteiger partial charge on any atom is -0.393 e. The maximum Gasteiger partial charge on any atom is 0.329 e. The fourth-order valence-corrected chi connectivity index (χ4v) is 3.70. The van der Waals surface area contributed by atoms with Gasteiger partial charge in [-0.05, 0) is 44.0 Å². The molecular weight excluding hydrogens is 358 g/mol. The average Bonchev–Trinajstić information content (AvgIpc) is 3.11. The van der Waals surface area contributed by atoms with Crippen molar-refractivity contribution in [2.24, 2.45) is 0 Å². The fraction of sp³-hybridized carbons (Fsp3) is 0.400. The van der Waals surface area contributed by atoms with Gasteiger partial charge in [0.15, 0.2) is 11.6 Å². The lowest BCUT2D eigenvalue weighted by atomic mass is 10.1. The minimum atomic E-state index is -0.538. The summed E-state index contributed by atoms with van der Waals surface area (Å²) in [5.74, 6) is 0.838. The standard InChI is InChI=1S/C20H23N5O3/c1-13(26)5-8-17(27)15-6-7-16-19(22-15)25(14-9-11-24(16)12-14)20(28)23-18-4-2-3-10-21-18/h2-4,6-7,10,13-14,26H,5,8-9,11-12H2,1H3,(H,21,23,28)/t13-,14+/m1/s1. The van der Waals surface area contributed by atoms with Crippen molar-refractivity contribution in [2.75, 3.05) is 28.2 Å². The van der Waals surface area contributed by atoms with E-state index in [4.69, 9.17) is 0 Å². The Hall–Kier alpha value is -3.00. The van der Waals surface area contributed by atoms with E-state index in [2.05, 4.69) is 20.2 Å². The van der Waals surface area contributed by atoms with Crippen LogP contribution in [0.1, 0.15) is 36.7 Å². The number of nitrogens with one attached hydrogen (secondary N) is 1. The summed E-state index contributed by atoms with van der Waals surface area (Å²) >= 11 is 0. The van der Waals surface area contributed by atoms with Crippen molar-refractivity contribution in [3.63, 3.8) is 0 Å². The zero-order valence-electron chi connectivity index (χ0n) is 15.7. The second kappa shape index (κ2) is 7.55. The second-order valence-electron chi connectivity index (χ2n) is 7.25. The fourth-order valence-electron chi connectivity index (χ4n) is 3.70. The summed E-state index contributed by atoms with van der Waals surface area (Å²) in [5, 5.41) is 12.3. The maximum atomic E-state index is 13.0. The van der Waals surface area contributed by atoms with Gasteiger partial charge in [-0.2, -0.15) is 0 Å². The van der Waals surface area contributed by atoms with Gasteiger partial charge in [0.1, 0.15) is 11.5 Å². The molecule has 0 unspecified atom stereocenters. The van der Waals surface area contributed by atoms with Crippen molar-refractivity contribution in [2.45, 2.75) is 38.3 Å². The highest BCUT2D eigenvalue weighted by Crippen LogP contribution is 2.39. The Morgan fingerprint density at radius 1 is 1.32 bits per heavy atom. The molecule has 1 fully saturated rings. The normalized spacial score (nSPS) is 18.6. The largest absolute Gasteiger partial charge is 0.393 e. The van der Waals surface area contributed by atoms with Crippen molar-refractivity contribution in [3.8, 4) is 0 Å². The Labute approximate surface area is 163 Å². The molecule has 2 atom stereocenters. The highest BCUT2D eigenvalue weighted by molar-refractivity contribution is 6.05. The number of urea groups is 1. The first-order valence-corrected chi connectivity index (χ1v) is 9.51. The van der Waals surface area contributed by atoms with Crippen LogP contribution < -0.4 is 15.1 Å². The number of aliphatic hydroxyl groups excluding tert-OH is 1. The van der Waals surface area contributed by atoms with E-state index in [9.17, 15) is 14.7 Å². The average molecular weight is 381 g/mol. The summed E-state index contributed by atoms with van der Waals surface area (Å²) in [4.78, 5) is 38.0. The number of anilines is 3. The SMILES string of the molecule is C[C@@H](O)CCC(=O)c1ccc2c(n1)N(C(=O)Nc1ccccn1)[C@H]1CCN2C1. The molecule has 1 saturated heterocycles. The number of fused-ring (bicyclic) bond motifs is 4. The van der Waals surface area contributed by atoms with Crippen LogP contribution in [0.4, 0.5) is 22.1 Å². The molecule has 4 heterocycles. The molecule has 2 bridgehead atoms. The third kappa shape index (κ3) is 3.55. The zero-order valence-corrected chi connectivity index (χ0v) is 15.7. The van der Waals surface area contributed by atoms with Crippen LogP contribution in [0.2, 0.25) is 0 Å². The van der Waals surface area contributed by atoms with Crippen molar-refractivity contribution < 1.29 is 14.7 Å². The smallest absolute Gasteiger partial charge is 0.329 e. The third-order valence-electron chi connectivity index (χ3n) is 5.15.